The number of amides is 3. The molecule has 0 atom stereocenters. The number of carbonyl (C=O) groups is 4. The molecule has 0 saturated heterocycles. The molecule has 0 radical (unpaired) electrons. The van der Waals surface area contributed by atoms with E-state index in [1.54, 1.807) is 78.9 Å². The van der Waals surface area contributed by atoms with Gasteiger partial charge in [-0.3, -0.25) is 14.4 Å². The van der Waals surface area contributed by atoms with Crippen LogP contribution in [-0.4, -0.2) is 41.7 Å². The lowest BCUT2D eigenvalue weighted by Crippen LogP contribution is -2.30. The number of ether oxygens (including phenoxy) is 1. The molecule has 4 rings (SSSR count). The van der Waals surface area contributed by atoms with Crippen LogP contribution in [0.15, 0.2) is 108 Å². The van der Waals surface area contributed by atoms with Gasteiger partial charge in [0.25, 0.3) is 11.8 Å². The Morgan fingerprint density at radius 3 is 2.35 bits per heavy atom. The number of rotatable bonds is 11. The lowest BCUT2D eigenvalue weighted by molar-refractivity contribution is -0.114. The Bertz CT molecular complexity index is 1690. The quantitative estimate of drug-likeness (QED) is 0.117. The first-order valence-corrected chi connectivity index (χ1v) is 14.2. The van der Waals surface area contributed by atoms with Crippen LogP contribution in [0.1, 0.15) is 26.3 Å². The number of methoxy groups -OCH3 is 1. The molecule has 4 N–H and O–H groups in total. The number of aromatic carboxylic acids is 1. The maximum atomic E-state index is 13.4. The predicted molar refractivity (Wildman–Crippen MR) is 168 cm³/mol. The van der Waals surface area contributed by atoms with E-state index in [9.17, 15) is 24.3 Å². The molecule has 9 nitrogen and oxygen atoms in total. The molecule has 0 spiro atoms. The summed E-state index contributed by atoms with van der Waals surface area (Å²) in [6, 6.07) is 26.5. The minimum atomic E-state index is -1.14. The van der Waals surface area contributed by atoms with E-state index in [1.165, 1.54) is 43.1 Å². The maximum absolute atomic E-state index is 13.4. The van der Waals surface area contributed by atoms with Gasteiger partial charge in [0.1, 0.15) is 11.4 Å². The van der Waals surface area contributed by atoms with Gasteiger partial charge in [0, 0.05) is 21.7 Å². The van der Waals surface area contributed by atoms with E-state index < -0.39 is 23.7 Å². The van der Waals surface area contributed by atoms with Crippen LogP contribution in [0, 0.1) is 0 Å². The van der Waals surface area contributed by atoms with Crippen molar-refractivity contribution in [3.05, 3.63) is 124 Å². The Morgan fingerprint density at radius 2 is 1.60 bits per heavy atom. The predicted octanol–water partition coefficient (Wildman–Crippen LogP) is 6.19. The monoisotopic (exact) mass is 615 g/mol. The largest absolute Gasteiger partial charge is 0.496 e. The number of anilines is 2. The van der Waals surface area contributed by atoms with E-state index in [0.717, 1.165) is 0 Å². The van der Waals surface area contributed by atoms with Crippen molar-refractivity contribution in [2.45, 2.75) is 4.90 Å². The van der Waals surface area contributed by atoms with Crippen molar-refractivity contribution >= 4 is 64.5 Å². The van der Waals surface area contributed by atoms with Gasteiger partial charge < -0.3 is 25.8 Å². The van der Waals surface area contributed by atoms with Gasteiger partial charge in [0.05, 0.1) is 29.1 Å². The summed E-state index contributed by atoms with van der Waals surface area (Å²) in [4.78, 5) is 50.8. The zero-order chi connectivity index (χ0) is 30.8. The highest BCUT2D eigenvalue weighted by atomic mass is 35.5. The number of halogens is 1. The fourth-order valence-electron chi connectivity index (χ4n) is 3.83. The summed E-state index contributed by atoms with van der Waals surface area (Å²) >= 11 is 7.30. The first-order chi connectivity index (χ1) is 20.7. The normalized spacial score (nSPS) is 10.9. The van der Waals surface area contributed by atoms with E-state index in [-0.39, 0.29) is 27.7 Å². The first-order valence-electron chi connectivity index (χ1n) is 12.8. The molecule has 3 amide bonds. The molecular weight excluding hydrogens is 590 g/mol. The van der Waals surface area contributed by atoms with Crippen LogP contribution < -0.4 is 20.7 Å². The Balaban J connectivity index is 1.47. The lowest BCUT2D eigenvalue weighted by Gasteiger charge is -2.13. The number of nitrogens with one attached hydrogen (secondary N) is 3. The van der Waals surface area contributed by atoms with E-state index in [4.69, 9.17) is 16.3 Å². The number of carboxylic acids is 1. The average Bonchev–Trinajstić information content (AvgIpc) is 3.01. The summed E-state index contributed by atoms with van der Waals surface area (Å²) in [5.74, 6) is -2.04. The van der Waals surface area contributed by atoms with Gasteiger partial charge in [0.2, 0.25) is 5.91 Å². The highest BCUT2D eigenvalue weighted by Gasteiger charge is 2.17. The zero-order valence-corrected chi connectivity index (χ0v) is 24.4. The number of hydrogen-bond donors (Lipinski definition) is 4. The molecule has 0 aliphatic heterocycles. The standard InChI is InChI=1S/C32H26ClN3O6S/c1-42-28-13-6-5-10-21(28)16-27(36-30(38)20-8-3-2-4-9-20)31(39)34-23-11-7-12-24(18-23)43-19-29(37)35-26-17-22(32(40)41)14-15-25(26)33/h2-18H,19H2,1H3,(H,34,39)(H,35,37)(H,36,38)(H,40,41)/b27-16+. The topological polar surface area (TPSA) is 134 Å². The molecule has 0 aliphatic carbocycles. The van der Waals surface area contributed by atoms with Crippen molar-refractivity contribution in [2.75, 3.05) is 23.5 Å². The summed E-state index contributed by atoms with van der Waals surface area (Å²) in [6.07, 6.45) is 1.53. The molecule has 0 aliphatic rings. The highest BCUT2D eigenvalue weighted by molar-refractivity contribution is 8.00. The van der Waals surface area contributed by atoms with Crippen LogP contribution in [0.2, 0.25) is 5.02 Å². The van der Waals surface area contributed by atoms with Crippen molar-refractivity contribution in [1.29, 1.82) is 0 Å². The maximum Gasteiger partial charge on any atom is 0.335 e. The molecule has 0 unspecified atom stereocenters. The van der Waals surface area contributed by atoms with E-state index in [1.807, 2.05) is 0 Å². The molecule has 4 aromatic rings. The van der Waals surface area contributed by atoms with Gasteiger partial charge in [-0.25, -0.2) is 4.79 Å². The first kappa shape index (κ1) is 30.9. The van der Waals surface area contributed by atoms with Crippen molar-refractivity contribution in [3.8, 4) is 5.75 Å². The van der Waals surface area contributed by atoms with Gasteiger partial charge in [0.15, 0.2) is 0 Å². The van der Waals surface area contributed by atoms with Gasteiger partial charge in [-0.2, -0.15) is 0 Å². The molecule has 43 heavy (non-hydrogen) atoms. The van der Waals surface area contributed by atoms with E-state index in [0.29, 0.717) is 27.5 Å². The van der Waals surface area contributed by atoms with Crippen LogP contribution in [0.4, 0.5) is 11.4 Å². The summed E-state index contributed by atoms with van der Waals surface area (Å²) in [7, 11) is 1.51. The summed E-state index contributed by atoms with van der Waals surface area (Å²) in [5.41, 5.74) is 1.60. The van der Waals surface area contributed by atoms with E-state index >= 15 is 0 Å². The number of hydrogen-bond acceptors (Lipinski definition) is 6. The van der Waals surface area contributed by atoms with Gasteiger partial charge in [-0.1, -0.05) is 54.1 Å². The number of thioether (sulfide) groups is 1. The second kappa shape index (κ2) is 14.7. The molecule has 218 valence electrons. The molecule has 0 saturated carbocycles. The minimum Gasteiger partial charge on any atom is -0.496 e. The number of para-hydroxylation sites is 1. The smallest absolute Gasteiger partial charge is 0.335 e. The van der Waals surface area contributed by atoms with Crippen LogP contribution in [-0.2, 0) is 9.59 Å². The third-order valence-electron chi connectivity index (χ3n) is 5.92. The minimum absolute atomic E-state index is 0.00286. The second-order valence-electron chi connectivity index (χ2n) is 8.94. The van der Waals surface area contributed by atoms with Gasteiger partial charge >= 0.3 is 5.97 Å². The fraction of sp³-hybridized carbons (Fsp3) is 0.0625. The van der Waals surface area contributed by atoms with Crippen LogP contribution in [0.5, 0.6) is 5.75 Å². The summed E-state index contributed by atoms with van der Waals surface area (Å²) in [6.45, 7) is 0. The second-order valence-corrected chi connectivity index (χ2v) is 10.4. The summed E-state index contributed by atoms with van der Waals surface area (Å²) in [5, 5.41) is 17.5. The highest BCUT2D eigenvalue weighted by Crippen LogP contribution is 2.26. The van der Waals surface area contributed by atoms with Crippen LogP contribution in [0.25, 0.3) is 6.08 Å². The van der Waals surface area contributed by atoms with Crippen molar-refractivity contribution in [2.24, 2.45) is 0 Å². The fourth-order valence-corrected chi connectivity index (χ4v) is 4.75. The third-order valence-corrected chi connectivity index (χ3v) is 7.24. The number of carbonyl (C=O) groups excluding carboxylic acids is 3. The molecule has 11 heteroatoms. The van der Waals surface area contributed by atoms with Crippen LogP contribution >= 0.6 is 23.4 Å². The van der Waals surface area contributed by atoms with E-state index in [2.05, 4.69) is 16.0 Å². The van der Waals surface area contributed by atoms with Crippen LogP contribution in [0.3, 0.4) is 0 Å². The molecule has 0 fully saturated rings. The SMILES string of the molecule is COc1ccccc1/C=C(/NC(=O)c1ccccc1)C(=O)Nc1cccc(SCC(=O)Nc2cc(C(=O)O)ccc2Cl)c1. The Labute approximate surface area is 256 Å². The van der Waals surface area contributed by atoms with Gasteiger partial charge in [-0.05, 0) is 60.7 Å². The molecule has 0 bridgehead atoms. The van der Waals surface area contributed by atoms with Gasteiger partial charge in [-0.15, -0.1) is 11.8 Å². The average molecular weight is 616 g/mol. The third kappa shape index (κ3) is 8.71. The number of benzene rings is 4. The Hall–Kier alpha value is -5.06. The Morgan fingerprint density at radius 1 is 0.860 bits per heavy atom. The molecule has 0 heterocycles. The molecule has 0 aromatic heterocycles. The zero-order valence-electron chi connectivity index (χ0n) is 22.8. The number of carboxylic acid groups (broad SMARTS) is 1. The molecule has 4 aromatic carbocycles. The van der Waals surface area contributed by atoms with Crippen molar-refractivity contribution in [3.63, 3.8) is 0 Å². The summed E-state index contributed by atoms with van der Waals surface area (Å²) < 4.78 is 5.40. The molecular formula is C32H26ClN3O6S. The lowest BCUT2D eigenvalue weighted by atomic mass is 10.1. The Kier molecular flexibility index (Phi) is 10.6. The van der Waals surface area contributed by atoms with Crippen molar-refractivity contribution in [1.82, 2.24) is 5.32 Å². The van der Waals surface area contributed by atoms with Crippen molar-refractivity contribution < 1.29 is 29.0 Å².